The lowest BCUT2D eigenvalue weighted by atomic mass is 10.0. The van der Waals surface area contributed by atoms with Crippen LogP contribution in [0, 0.1) is 5.92 Å². The van der Waals surface area contributed by atoms with E-state index in [1.807, 2.05) is 30.3 Å². The fraction of sp³-hybridized carbons (Fsp3) is 0.333. The SMILES string of the molecule is NC(=S)C1CCCC1NC(=O)c1cc2ccccc2s1. The normalized spacial score (nSPS) is 22.0. The van der Waals surface area contributed by atoms with Gasteiger partial charge in [0.2, 0.25) is 0 Å². The van der Waals surface area contributed by atoms with Crippen LogP contribution >= 0.6 is 23.6 Å². The van der Waals surface area contributed by atoms with E-state index in [0.29, 0.717) is 4.99 Å². The van der Waals surface area contributed by atoms with Crippen molar-refractivity contribution in [2.45, 2.75) is 25.3 Å². The molecule has 20 heavy (non-hydrogen) atoms. The summed E-state index contributed by atoms with van der Waals surface area (Å²) in [6, 6.07) is 10.1. The predicted octanol–water partition coefficient (Wildman–Crippen LogP) is 3.09. The van der Waals surface area contributed by atoms with Gasteiger partial charge in [0.15, 0.2) is 0 Å². The second-order valence-corrected chi connectivity index (χ2v) is 6.72. The first kappa shape index (κ1) is 13.5. The van der Waals surface area contributed by atoms with Gasteiger partial charge >= 0.3 is 0 Å². The molecule has 3 N–H and O–H groups in total. The molecule has 0 saturated heterocycles. The highest BCUT2D eigenvalue weighted by molar-refractivity contribution is 7.80. The minimum absolute atomic E-state index is 0.0145. The van der Waals surface area contributed by atoms with Crippen LogP contribution in [0.5, 0.6) is 0 Å². The van der Waals surface area contributed by atoms with Crippen molar-refractivity contribution in [1.82, 2.24) is 5.32 Å². The largest absolute Gasteiger partial charge is 0.393 e. The van der Waals surface area contributed by atoms with Gasteiger partial charge in [0.25, 0.3) is 5.91 Å². The van der Waals surface area contributed by atoms with Crippen molar-refractivity contribution in [3.05, 3.63) is 35.2 Å². The summed E-state index contributed by atoms with van der Waals surface area (Å²) in [5, 5.41) is 4.20. The van der Waals surface area contributed by atoms with Crippen LogP contribution in [0.1, 0.15) is 28.9 Å². The number of nitrogens with two attached hydrogens (primary N) is 1. The first-order valence-corrected chi connectivity index (χ1v) is 7.96. The summed E-state index contributed by atoms with van der Waals surface area (Å²) in [5.41, 5.74) is 5.75. The number of nitrogens with one attached hydrogen (secondary N) is 1. The number of carbonyl (C=O) groups is 1. The van der Waals surface area contributed by atoms with Crippen molar-refractivity contribution in [3.8, 4) is 0 Å². The van der Waals surface area contributed by atoms with Gasteiger partial charge in [-0.05, 0) is 30.4 Å². The fourth-order valence-electron chi connectivity index (χ4n) is 2.81. The van der Waals surface area contributed by atoms with Gasteiger partial charge in [-0.15, -0.1) is 11.3 Å². The minimum Gasteiger partial charge on any atom is -0.393 e. The number of benzene rings is 1. The Hall–Kier alpha value is -1.46. The van der Waals surface area contributed by atoms with E-state index in [9.17, 15) is 4.79 Å². The standard InChI is InChI=1S/C15H16N2OS2/c16-14(19)10-5-3-6-11(10)17-15(18)13-8-9-4-1-2-7-12(9)20-13/h1-2,4,7-8,10-11H,3,5-6H2,(H2,16,19)(H,17,18). The van der Waals surface area contributed by atoms with Gasteiger partial charge in [-0.1, -0.05) is 36.8 Å². The van der Waals surface area contributed by atoms with Crippen LogP contribution in [0.4, 0.5) is 0 Å². The van der Waals surface area contributed by atoms with Crippen molar-refractivity contribution in [2.24, 2.45) is 11.7 Å². The molecule has 1 aromatic heterocycles. The molecule has 1 aromatic carbocycles. The van der Waals surface area contributed by atoms with Gasteiger partial charge in [0.1, 0.15) is 0 Å². The summed E-state index contributed by atoms with van der Waals surface area (Å²) in [5.74, 6) is 0.127. The molecule has 1 heterocycles. The quantitative estimate of drug-likeness (QED) is 0.857. The lowest BCUT2D eigenvalue weighted by Crippen LogP contribution is -2.41. The van der Waals surface area contributed by atoms with Crippen LogP contribution in [-0.4, -0.2) is 16.9 Å². The molecule has 104 valence electrons. The van der Waals surface area contributed by atoms with Gasteiger partial charge in [-0.3, -0.25) is 4.79 Å². The summed E-state index contributed by atoms with van der Waals surface area (Å²) in [6.07, 6.45) is 3.00. The summed E-state index contributed by atoms with van der Waals surface area (Å²) in [7, 11) is 0. The van der Waals surface area contributed by atoms with Crippen LogP contribution in [0.2, 0.25) is 0 Å². The van der Waals surface area contributed by atoms with Crippen LogP contribution in [0.3, 0.4) is 0 Å². The van der Waals surface area contributed by atoms with Gasteiger partial charge in [0.05, 0.1) is 9.87 Å². The number of amides is 1. The Morgan fingerprint density at radius 3 is 2.90 bits per heavy atom. The zero-order valence-corrected chi connectivity index (χ0v) is 12.6. The molecule has 2 unspecified atom stereocenters. The van der Waals surface area contributed by atoms with E-state index in [0.717, 1.165) is 34.2 Å². The Kier molecular flexibility index (Phi) is 3.72. The van der Waals surface area contributed by atoms with Crippen LogP contribution < -0.4 is 11.1 Å². The first-order chi connectivity index (χ1) is 9.65. The topological polar surface area (TPSA) is 55.1 Å². The maximum atomic E-state index is 12.4. The third-order valence-corrected chi connectivity index (χ3v) is 5.26. The highest BCUT2D eigenvalue weighted by Crippen LogP contribution is 2.28. The molecule has 0 aliphatic heterocycles. The fourth-order valence-corrected chi connectivity index (χ4v) is 4.05. The average molecular weight is 304 g/mol. The third kappa shape index (κ3) is 2.55. The van der Waals surface area contributed by atoms with Crippen LogP contribution in [0.15, 0.2) is 30.3 Å². The average Bonchev–Trinajstić information content (AvgIpc) is 3.03. The highest BCUT2D eigenvalue weighted by Gasteiger charge is 2.30. The molecule has 0 spiro atoms. The Bertz CT molecular complexity index is 632. The third-order valence-electron chi connectivity index (χ3n) is 3.85. The van der Waals surface area contributed by atoms with Crippen molar-refractivity contribution in [3.63, 3.8) is 0 Å². The Morgan fingerprint density at radius 1 is 1.35 bits per heavy atom. The smallest absolute Gasteiger partial charge is 0.261 e. The summed E-state index contributed by atoms with van der Waals surface area (Å²) >= 11 is 6.61. The molecular weight excluding hydrogens is 288 g/mol. The molecule has 0 radical (unpaired) electrons. The first-order valence-electron chi connectivity index (χ1n) is 6.74. The number of thiophene rings is 1. The van der Waals surface area contributed by atoms with Crippen molar-refractivity contribution in [1.29, 1.82) is 0 Å². The van der Waals surface area contributed by atoms with E-state index in [2.05, 4.69) is 5.32 Å². The molecule has 1 amide bonds. The van der Waals surface area contributed by atoms with Gasteiger partial charge < -0.3 is 11.1 Å². The lowest BCUT2D eigenvalue weighted by Gasteiger charge is -2.19. The molecule has 1 aliphatic carbocycles. The van der Waals surface area contributed by atoms with Gasteiger partial charge in [-0.25, -0.2) is 0 Å². The Labute approximate surface area is 127 Å². The number of fused-ring (bicyclic) bond motifs is 1. The van der Waals surface area contributed by atoms with E-state index in [-0.39, 0.29) is 17.9 Å². The van der Waals surface area contributed by atoms with E-state index >= 15 is 0 Å². The number of carbonyl (C=O) groups excluding carboxylic acids is 1. The maximum Gasteiger partial charge on any atom is 0.261 e. The maximum absolute atomic E-state index is 12.4. The molecule has 5 heteroatoms. The van der Waals surface area contributed by atoms with Gasteiger partial charge in [0, 0.05) is 16.7 Å². The van der Waals surface area contributed by atoms with Crippen LogP contribution in [0.25, 0.3) is 10.1 Å². The predicted molar refractivity (Wildman–Crippen MR) is 87.2 cm³/mol. The molecule has 0 bridgehead atoms. The molecule has 1 saturated carbocycles. The molecule has 3 rings (SSSR count). The molecule has 1 fully saturated rings. The zero-order chi connectivity index (χ0) is 14.1. The number of hydrogen-bond donors (Lipinski definition) is 2. The molecule has 2 aromatic rings. The number of thiocarbonyl (C=S) groups is 1. The summed E-state index contributed by atoms with van der Waals surface area (Å²) in [6.45, 7) is 0. The summed E-state index contributed by atoms with van der Waals surface area (Å²) in [4.78, 5) is 13.6. The Morgan fingerprint density at radius 2 is 2.15 bits per heavy atom. The van der Waals surface area contributed by atoms with E-state index in [1.165, 1.54) is 11.3 Å². The van der Waals surface area contributed by atoms with Crippen molar-refractivity contribution in [2.75, 3.05) is 0 Å². The Balaban J connectivity index is 1.77. The highest BCUT2D eigenvalue weighted by atomic mass is 32.1. The van der Waals surface area contributed by atoms with E-state index in [1.54, 1.807) is 0 Å². The summed E-state index contributed by atoms with van der Waals surface area (Å²) < 4.78 is 1.13. The van der Waals surface area contributed by atoms with Gasteiger partial charge in [-0.2, -0.15) is 0 Å². The number of rotatable bonds is 3. The molecule has 3 nitrogen and oxygen atoms in total. The van der Waals surface area contributed by atoms with Crippen LogP contribution in [-0.2, 0) is 0 Å². The molecular formula is C15H16N2OS2. The molecule has 2 atom stereocenters. The van der Waals surface area contributed by atoms with E-state index in [4.69, 9.17) is 18.0 Å². The molecule has 1 aliphatic rings. The second kappa shape index (κ2) is 5.50. The van der Waals surface area contributed by atoms with Crippen molar-refractivity contribution < 1.29 is 4.79 Å². The van der Waals surface area contributed by atoms with Crippen molar-refractivity contribution >= 4 is 44.5 Å². The monoisotopic (exact) mass is 304 g/mol. The minimum atomic E-state index is -0.0145. The van der Waals surface area contributed by atoms with E-state index < -0.39 is 0 Å². The number of hydrogen-bond acceptors (Lipinski definition) is 3. The second-order valence-electron chi connectivity index (χ2n) is 5.17. The zero-order valence-electron chi connectivity index (χ0n) is 11.0. The lowest BCUT2D eigenvalue weighted by molar-refractivity contribution is 0.0938.